The van der Waals surface area contributed by atoms with Crippen LogP contribution in [0.1, 0.15) is 17.4 Å². The minimum atomic E-state index is -4.83. The van der Waals surface area contributed by atoms with Crippen molar-refractivity contribution in [3.05, 3.63) is 40.7 Å². The summed E-state index contributed by atoms with van der Waals surface area (Å²) in [5, 5.41) is 6.62. The molecule has 2 aromatic rings. The van der Waals surface area contributed by atoms with Crippen LogP contribution in [0, 0.1) is 0 Å². The number of halogens is 5. The monoisotopic (exact) mass is 380 g/mol. The van der Waals surface area contributed by atoms with Gasteiger partial charge in [0.2, 0.25) is 0 Å². The number of hydrogen-bond acceptors (Lipinski definition) is 4. The molecule has 0 bridgehead atoms. The van der Waals surface area contributed by atoms with Gasteiger partial charge < -0.3 is 4.74 Å². The predicted octanol–water partition coefficient (Wildman–Crippen LogP) is 2.79. The molecule has 128 valence electrons. The van der Waals surface area contributed by atoms with Crippen LogP contribution >= 0.6 is 23.2 Å². The second-order valence-corrected chi connectivity index (χ2v) is 5.81. The average molecular weight is 381 g/mol. The van der Waals surface area contributed by atoms with Crippen LogP contribution in [0.3, 0.4) is 0 Å². The molecule has 0 radical (unpaired) electrons. The predicted molar refractivity (Wildman–Crippen MR) is 78.6 cm³/mol. The van der Waals surface area contributed by atoms with Gasteiger partial charge in [0.1, 0.15) is 11.4 Å². The molecule has 1 amide bonds. The van der Waals surface area contributed by atoms with E-state index in [1.807, 2.05) is 0 Å². The first-order chi connectivity index (χ1) is 11.3. The summed E-state index contributed by atoms with van der Waals surface area (Å²) < 4.78 is 44.8. The smallest absolute Gasteiger partial charge is 0.453 e. The van der Waals surface area contributed by atoms with Gasteiger partial charge in [-0.2, -0.15) is 17.8 Å². The average Bonchev–Trinajstić information content (AvgIpc) is 2.96. The van der Waals surface area contributed by atoms with Crippen LogP contribution in [0.4, 0.5) is 13.2 Å². The van der Waals surface area contributed by atoms with Gasteiger partial charge in [-0.3, -0.25) is 4.79 Å². The molecule has 1 aromatic carbocycles. The number of nitrogens with zero attached hydrogens (tertiary/aromatic N) is 4. The van der Waals surface area contributed by atoms with E-state index >= 15 is 0 Å². The van der Waals surface area contributed by atoms with Crippen molar-refractivity contribution >= 4 is 29.1 Å². The van der Waals surface area contributed by atoms with E-state index < -0.39 is 35.3 Å². The molecule has 24 heavy (non-hydrogen) atoms. The Morgan fingerprint density at radius 3 is 2.38 bits per heavy atom. The molecule has 1 saturated heterocycles. The van der Waals surface area contributed by atoms with Gasteiger partial charge in [0.05, 0.1) is 7.11 Å². The van der Waals surface area contributed by atoms with E-state index in [9.17, 15) is 18.0 Å². The fourth-order valence-corrected chi connectivity index (χ4v) is 2.88. The van der Waals surface area contributed by atoms with Crippen LogP contribution in [0.5, 0.6) is 6.01 Å². The standard InChI is InChI=1S/C13H9Cl2F3N4O2/c1-24-12-20-19-11(13(16,17)18)22(12)21-9(8(15)10(21)23)6-2-4-7(14)5-3-6/h2-5,8-9H,1H3. The summed E-state index contributed by atoms with van der Waals surface area (Å²) in [6, 6.07) is 4.93. The van der Waals surface area contributed by atoms with Crippen LogP contribution in [0.15, 0.2) is 24.3 Å². The van der Waals surface area contributed by atoms with Crippen LogP contribution < -0.4 is 9.75 Å². The molecule has 0 saturated carbocycles. The largest absolute Gasteiger partial charge is 0.466 e. The maximum absolute atomic E-state index is 13.2. The normalized spacial score (nSPS) is 20.9. The summed E-state index contributed by atoms with van der Waals surface area (Å²) in [6.07, 6.45) is -4.83. The molecule has 1 fully saturated rings. The maximum Gasteiger partial charge on any atom is 0.453 e. The molecular formula is C13H9Cl2F3N4O2. The number of methoxy groups -OCH3 is 1. The Balaban J connectivity index is 2.09. The number of hydrogen-bond donors (Lipinski definition) is 0. The fourth-order valence-electron chi connectivity index (χ4n) is 2.40. The van der Waals surface area contributed by atoms with Gasteiger partial charge in [-0.15, -0.1) is 16.7 Å². The zero-order chi connectivity index (χ0) is 17.6. The number of ether oxygens (including phenoxy) is 1. The molecule has 2 atom stereocenters. The van der Waals surface area contributed by atoms with E-state index in [0.29, 0.717) is 15.3 Å². The van der Waals surface area contributed by atoms with Crippen molar-refractivity contribution < 1.29 is 22.7 Å². The van der Waals surface area contributed by atoms with E-state index in [1.165, 1.54) is 0 Å². The van der Waals surface area contributed by atoms with Gasteiger partial charge in [-0.1, -0.05) is 28.8 Å². The lowest BCUT2D eigenvalue weighted by atomic mass is 9.95. The lowest BCUT2D eigenvalue weighted by molar-refractivity contribution is -0.149. The minimum absolute atomic E-state index is 0.444. The topological polar surface area (TPSA) is 60.3 Å². The zero-order valence-electron chi connectivity index (χ0n) is 12.0. The summed E-state index contributed by atoms with van der Waals surface area (Å²) in [6.45, 7) is 0. The highest BCUT2D eigenvalue weighted by atomic mass is 35.5. The molecule has 2 heterocycles. The van der Waals surface area contributed by atoms with Crippen LogP contribution in [0.25, 0.3) is 0 Å². The molecule has 0 spiro atoms. The number of aromatic nitrogens is 3. The summed E-state index contributed by atoms with van der Waals surface area (Å²) in [4.78, 5) is 12.1. The molecule has 2 unspecified atom stereocenters. The summed E-state index contributed by atoms with van der Waals surface area (Å²) >= 11 is 11.8. The SMILES string of the molecule is COc1nnc(C(F)(F)F)n1N1C(=O)C(Cl)C1c1ccc(Cl)cc1. The van der Waals surface area contributed by atoms with Gasteiger partial charge in [0.15, 0.2) is 0 Å². The second-order valence-electron chi connectivity index (χ2n) is 4.90. The summed E-state index contributed by atoms with van der Waals surface area (Å²) in [7, 11) is 1.13. The minimum Gasteiger partial charge on any atom is -0.466 e. The Morgan fingerprint density at radius 2 is 1.83 bits per heavy atom. The van der Waals surface area contributed by atoms with E-state index in [-0.39, 0.29) is 0 Å². The number of carbonyl (C=O) groups is 1. The Bertz CT molecular complexity index is 779. The van der Waals surface area contributed by atoms with Crippen LogP contribution in [-0.4, -0.2) is 33.3 Å². The first kappa shape index (κ1) is 16.8. The van der Waals surface area contributed by atoms with Crippen molar-refractivity contribution in [2.24, 2.45) is 0 Å². The molecule has 0 aliphatic carbocycles. The molecule has 1 aliphatic heterocycles. The second kappa shape index (κ2) is 5.82. The van der Waals surface area contributed by atoms with Gasteiger partial charge in [-0.05, 0) is 17.7 Å². The Hall–Kier alpha value is -2.00. The van der Waals surface area contributed by atoms with Crippen LogP contribution in [0.2, 0.25) is 5.02 Å². The van der Waals surface area contributed by atoms with Crippen molar-refractivity contribution in [1.82, 2.24) is 14.9 Å². The van der Waals surface area contributed by atoms with Crippen LogP contribution in [-0.2, 0) is 11.0 Å². The number of carbonyl (C=O) groups excluding carboxylic acids is 1. The van der Waals surface area contributed by atoms with Gasteiger partial charge in [-0.25, -0.2) is 5.01 Å². The number of benzene rings is 1. The number of β-lactam (4-membered cyclic amide) rings is 1. The van der Waals surface area contributed by atoms with Crippen molar-refractivity contribution in [1.29, 1.82) is 0 Å². The fraction of sp³-hybridized carbons (Fsp3) is 0.308. The van der Waals surface area contributed by atoms with E-state index in [4.69, 9.17) is 27.9 Å². The maximum atomic E-state index is 13.2. The highest BCUT2D eigenvalue weighted by Crippen LogP contribution is 2.41. The Labute approximate surface area is 143 Å². The molecule has 3 rings (SSSR count). The van der Waals surface area contributed by atoms with Gasteiger partial charge in [0.25, 0.3) is 11.7 Å². The molecule has 1 aliphatic rings. The molecule has 11 heteroatoms. The van der Waals surface area contributed by atoms with Crippen molar-refractivity contribution in [3.63, 3.8) is 0 Å². The molecule has 6 nitrogen and oxygen atoms in total. The highest BCUT2D eigenvalue weighted by Gasteiger charge is 2.53. The number of alkyl halides is 4. The molecule has 0 N–H and O–H groups in total. The van der Waals surface area contributed by atoms with Gasteiger partial charge in [0, 0.05) is 5.02 Å². The van der Waals surface area contributed by atoms with Gasteiger partial charge >= 0.3 is 12.2 Å². The summed E-state index contributed by atoms with van der Waals surface area (Å²) in [5.74, 6) is -2.10. The first-order valence-electron chi connectivity index (χ1n) is 6.55. The Morgan fingerprint density at radius 1 is 1.21 bits per heavy atom. The van der Waals surface area contributed by atoms with Crippen molar-refractivity contribution in [2.75, 3.05) is 12.1 Å². The van der Waals surface area contributed by atoms with Crippen molar-refractivity contribution in [3.8, 4) is 6.01 Å². The third-order valence-electron chi connectivity index (χ3n) is 3.48. The number of rotatable bonds is 3. The zero-order valence-corrected chi connectivity index (χ0v) is 13.5. The van der Waals surface area contributed by atoms with E-state index in [2.05, 4.69) is 10.2 Å². The highest BCUT2D eigenvalue weighted by molar-refractivity contribution is 6.36. The molecule has 1 aromatic heterocycles. The number of amides is 1. The Kier molecular flexibility index (Phi) is 4.08. The van der Waals surface area contributed by atoms with E-state index in [0.717, 1.165) is 12.1 Å². The van der Waals surface area contributed by atoms with Crippen molar-refractivity contribution in [2.45, 2.75) is 17.6 Å². The third kappa shape index (κ3) is 2.57. The quantitative estimate of drug-likeness (QED) is 0.606. The summed E-state index contributed by atoms with van der Waals surface area (Å²) in [5.41, 5.74) is 0.517. The van der Waals surface area contributed by atoms with E-state index in [1.54, 1.807) is 24.3 Å². The molecular weight excluding hydrogens is 372 g/mol. The third-order valence-corrected chi connectivity index (χ3v) is 4.15. The lowest BCUT2D eigenvalue weighted by Gasteiger charge is -2.44. The lowest BCUT2D eigenvalue weighted by Crippen LogP contribution is -2.62. The first-order valence-corrected chi connectivity index (χ1v) is 7.36.